The predicted molar refractivity (Wildman–Crippen MR) is 70.4 cm³/mol. The van der Waals surface area contributed by atoms with Crippen molar-refractivity contribution >= 4 is 0 Å². The van der Waals surface area contributed by atoms with Gasteiger partial charge in [-0.15, -0.1) is 0 Å². The highest BCUT2D eigenvalue weighted by molar-refractivity contribution is 5.08. The van der Waals surface area contributed by atoms with Gasteiger partial charge in [-0.25, -0.2) is 4.98 Å². The zero-order valence-electron chi connectivity index (χ0n) is 10.9. The van der Waals surface area contributed by atoms with Crippen LogP contribution >= 0.6 is 0 Å². The lowest BCUT2D eigenvalue weighted by molar-refractivity contribution is 0.190. The predicted octanol–water partition coefficient (Wildman–Crippen LogP) is 0.980. The van der Waals surface area contributed by atoms with Gasteiger partial charge in [0.15, 0.2) is 0 Å². The van der Waals surface area contributed by atoms with Crippen LogP contribution in [0.15, 0.2) is 6.20 Å². The maximum atomic E-state index is 9.24. The molecule has 4 heteroatoms. The first-order valence-corrected chi connectivity index (χ1v) is 7.21. The summed E-state index contributed by atoms with van der Waals surface area (Å²) >= 11 is 0. The van der Waals surface area contributed by atoms with Crippen molar-refractivity contribution in [2.75, 3.05) is 19.7 Å². The highest BCUT2D eigenvalue weighted by Gasteiger charge is 2.21. The van der Waals surface area contributed by atoms with E-state index < -0.39 is 0 Å². The average Bonchev–Trinajstić information content (AvgIpc) is 2.80. The number of nitrogens with zero attached hydrogens (tertiary/aromatic N) is 2. The van der Waals surface area contributed by atoms with Crippen molar-refractivity contribution in [3.63, 3.8) is 0 Å². The van der Waals surface area contributed by atoms with Crippen molar-refractivity contribution in [3.8, 4) is 0 Å². The van der Waals surface area contributed by atoms with Gasteiger partial charge in [0.1, 0.15) is 5.82 Å². The third-order valence-electron chi connectivity index (χ3n) is 4.30. The molecule has 0 spiro atoms. The van der Waals surface area contributed by atoms with Gasteiger partial charge in [0, 0.05) is 31.7 Å². The number of hydrogen-bond donors (Lipinski definition) is 2. The smallest absolute Gasteiger partial charge is 0.108 e. The standard InChI is InChI=1S/C14H23N3O/c18-10-12-3-4-14-16-13(9-17(14)8-12)6-11-2-1-5-15-7-11/h9,11-12,15,18H,1-8,10H2. The fourth-order valence-corrected chi connectivity index (χ4v) is 3.21. The van der Waals surface area contributed by atoms with Gasteiger partial charge in [-0.05, 0) is 44.7 Å². The number of aliphatic hydroxyl groups excluding tert-OH is 1. The Hall–Kier alpha value is -0.870. The number of fused-ring (bicyclic) bond motifs is 1. The molecule has 2 unspecified atom stereocenters. The Balaban J connectivity index is 1.65. The Labute approximate surface area is 108 Å². The Morgan fingerprint density at radius 1 is 1.39 bits per heavy atom. The molecule has 3 heterocycles. The van der Waals surface area contributed by atoms with E-state index in [1.165, 1.54) is 30.9 Å². The molecule has 2 atom stereocenters. The Morgan fingerprint density at radius 3 is 3.11 bits per heavy atom. The Morgan fingerprint density at radius 2 is 2.33 bits per heavy atom. The van der Waals surface area contributed by atoms with Gasteiger partial charge < -0.3 is 15.0 Å². The summed E-state index contributed by atoms with van der Waals surface area (Å²) < 4.78 is 2.26. The van der Waals surface area contributed by atoms with E-state index in [1.807, 2.05) is 0 Å². The summed E-state index contributed by atoms with van der Waals surface area (Å²) in [6.45, 7) is 3.57. The molecular weight excluding hydrogens is 226 g/mol. The molecule has 1 aromatic heterocycles. The lowest BCUT2D eigenvalue weighted by atomic mass is 9.95. The first-order valence-electron chi connectivity index (χ1n) is 7.21. The van der Waals surface area contributed by atoms with E-state index in [0.717, 1.165) is 38.3 Å². The highest BCUT2D eigenvalue weighted by Crippen LogP contribution is 2.22. The second-order valence-corrected chi connectivity index (χ2v) is 5.80. The summed E-state index contributed by atoms with van der Waals surface area (Å²) in [5.41, 5.74) is 1.25. The van der Waals surface area contributed by atoms with Crippen LogP contribution in [0.4, 0.5) is 0 Å². The van der Waals surface area contributed by atoms with Gasteiger partial charge in [0.2, 0.25) is 0 Å². The number of aromatic nitrogens is 2. The zero-order chi connectivity index (χ0) is 12.4. The molecule has 2 aliphatic rings. The summed E-state index contributed by atoms with van der Waals surface area (Å²) in [4.78, 5) is 4.77. The molecule has 1 fully saturated rings. The van der Waals surface area contributed by atoms with Crippen molar-refractivity contribution in [3.05, 3.63) is 17.7 Å². The maximum Gasteiger partial charge on any atom is 0.108 e. The molecule has 0 aliphatic carbocycles. The van der Waals surface area contributed by atoms with Crippen molar-refractivity contribution in [1.29, 1.82) is 0 Å². The Bertz CT molecular complexity index is 396. The van der Waals surface area contributed by atoms with E-state index in [4.69, 9.17) is 4.98 Å². The molecular formula is C14H23N3O. The van der Waals surface area contributed by atoms with Crippen molar-refractivity contribution in [2.45, 2.75) is 38.6 Å². The maximum absolute atomic E-state index is 9.24. The van der Waals surface area contributed by atoms with Gasteiger partial charge >= 0.3 is 0 Å². The van der Waals surface area contributed by atoms with Crippen LogP contribution in [0.5, 0.6) is 0 Å². The number of hydrogen-bond acceptors (Lipinski definition) is 3. The molecule has 0 radical (unpaired) electrons. The number of piperidine rings is 1. The van der Waals surface area contributed by atoms with Gasteiger partial charge in [-0.2, -0.15) is 0 Å². The quantitative estimate of drug-likeness (QED) is 0.839. The van der Waals surface area contributed by atoms with E-state index >= 15 is 0 Å². The first-order chi connectivity index (χ1) is 8.85. The SMILES string of the molecule is OCC1CCc2nc(CC3CCCNC3)cn2C1. The van der Waals surface area contributed by atoms with Crippen LogP contribution in [0.25, 0.3) is 0 Å². The van der Waals surface area contributed by atoms with E-state index in [-0.39, 0.29) is 0 Å². The zero-order valence-corrected chi connectivity index (χ0v) is 10.9. The fraction of sp³-hybridized carbons (Fsp3) is 0.786. The molecule has 0 bridgehead atoms. The van der Waals surface area contributed by atoms with Crippen molar-refractivity contribution in [1.82, 2.24) is 14.9 Å². The van der Waals surface area contributed by atoms with E-state index in [2.05, 4.69) is 16.1 Å². The number of aryl methyl sites for hydroxylation is 1. The topological polar surface area (TPSA) is 50.1 Å². The van der Waals surface area contributed by atoms with Crippen LogP contribution in [-0.2, 0) is 19.4 Å². The van der Waals surface area contributed by atoms with Crippen molar-refractivity contribution in [2.24, 2.45) is 11.8 Å². The van der Waals surface area contributed by atoms with Gasteiger partial charge in [-0.3, -0.25) is 0 Å². The second-order valence-electron chi connectivity index (χ2n) is 5.80. The molecule has 0 amide bonds. The average molecular weight is 249 g/mol. The van der Waals surface area contributed by atoms with Crippen LogP contribution in [0.1, 0.15) is 30.8 Å². The fourth-order valence-electron chi connectivity index (χ4n) is 3.21. The van der Waals surface area contributed by atoms with Gasteiger partial charge in [0.25, 0.3) is 0 Å². The first kappa shape index (κ1) is 12.2. The summed E-state index contributed by atoms with van der Waals surface area (Å²) in [5.74, 6) is 2.40. The molecule has 0 saturated carbocycles. The lowest BCUT2D eigenvalue weighted by Crippen LogP contribution is -2.30. The van der Waals surface area contributed by atoms with E-state index in [1.54, 1.807) is 0 Å². The van der Waals surface area contributed by atoms with Crippen LogP contribution < -0.4 is 5.32 Å². The van der Waals surface area contributed by atoms with Crippen LogP contribution in [0, 0.1) is 11.8 Å². The minimum absolute atomic E-state index is 0.305. The Kier molecular flexibility index (Phi) is 3.66. The summed E-state index contributed by atoms with van der Waals surface area (Å²) in [7, 11) is 0. The molecule has 3 rings (SSSR count). The second kappa shape index (κ2) is 5.41. The number of nitrogens with one attached hydrogen (secondary N) is 1. The molecule has 1 saturated heterocycles. The van der Waals surface area contributed by atoms with Crippen LogP contribution in [0.3, 0.4) is 0 Å². The monoisotopic (exact) mass is 249 g/mol. The molecule has 2 aliphatic heterocycles. The molecule has 0 aromatic carbocycles. The van der Waals surface area contributed by atoms with Crippen molar-refractivity contribution < 1.29 is 5.11 Å². The number of aliphatic hydroxyl groups is 1. The molecule has 18 heavy (non-hydrogen) atoms. The van der Waals surface area contributed by atoms with Crippen LogP contribution in [-0.4, -0.2) is 34.4 Å². The molecule has 100 valence electrons. The third-order valence-corrected chi connectivity index (χ3v) is 4.30. The summed E-state index contributed by atoms with van der Waals surface area (Å²) in [6.07, 6.45) is 8.05. The molecule has 2 N–H and O–H groups in total. The van der Waals surface area contributed by atoms with Crippen LogP contribution in [0.2, 0.25) is 0 Å². The van der Waals surface area contributed by atoms with E-state index in [0.29, 0.717) is 12.5 Å². The summed E-state index contributed by atoms with van der Waals surface area (Å²) in [6, 6.07) is 0. The minimum Gasteiger partial charge on any atom is -0.396 e. The lowest BCUT2D eigenvalue weighted by Gasteiger charge is -2.21. The van der Waals surface area contributed by atoms with Gasteiger partial charge in [0.05, 0.1) is 5.69 Å². The largest absolute Gasteiger partial charge is 0.396 e. The molecule has 1 aromatic rings. The normalized spacial score (nSPS) is 28.1. The highest BCUT2D eigenvalue weighted by atomic mass is 16.3. The number of rotatable bonds is 3. The third kappa shape index (κ3) is 2.59. The minimum atomic E-state index is 0.305. The number of imidazole rings is 1. The van der Waals surface area contributed by atoms with E-state index in [9.17, 15) is 5.11 Å². The summed E-state index contributed by atoms with van der Waals surface area (Å²) in [5, 5.41) is 12.7. The molecule has 4 nitrogen and oxygen atoms in total. The van der Waals surface area contributed by atoms with Gasteiger partial charge in [-0.1, -0.05) is 0 Å².